The molecule has 6 heteroatoms. The van der Waals surface area contributed by atoms with Crippen LogP contribution in [0.2, 0.25) is 0 Å². The van der Waals surface area contributed by atoms with Crippen LogP contribution in [0.3, 0.4) is 0 Å². The summed E-state index contributed by atoms with van der Waals surface area (Å²) in [5, 5.41) is 9.58. The van der Waals surface area contributed by atoms with Crippen molar-refractivity contribution in [3.8, 4) is 0 Å². The van der Waals surface area contributed by atoms with Gasteiger partial charge in [0.2, 0.25) is 0 Å². The van der Waals surface area contributed by atoms with Crippen LogP contribution < -0.4 is 0 Å². The molecule has 2 N–H and O–H groups in total. The van der Waals surface area contributed by atoms with Crippen molar-refractivity contribution in [3.05, 3.63) is 18.2 Å². The van der Waals surface area contributed by atoms with E-state index in [2.05, 4.69) is 19.8 Å². The van der Waals surface area contributed by atoms with Gasteiger partial charge in [-0.2, -0.15) is 0 Å². The number of rotatable bonds is 5. The second-order valence-electron chi connectivity index (χ2n) is 6.33. The summed E-state index contributed by atoms with van der Waals surface area (Å²) in [6.45, 7) is 8.19. The van der Waals surface area contributed by atoms with E-state index in [1.165, 1.54) is 0 Å². The lowest BCUT2D eigenvalue weighted by Gasteiger charge is -2.39. The summed E-state index contributed by atoms with van der Waals surface area (Å²) >= 11 is 0. The van der Waals surface area contributed by atoms with Crippen LogP contribution in [-0.2, 0) is 11.3 Å². The lowest BCUT2D eigenvalue weighted by atomic mass is 9.89. The Balaban J connectivity index is 1.55. The van der Waals surface area contributed by atoms with E-state index >= 15 is 0 Å². The average Bonchev–Trinajstić information content (AvgIpc) is 3.01. The number of ether oxygens (including phenoxy) is 1. The molecule has 0 saturated carbocycles. The van der Waals surface area contributed by atoms with E-state index in [1.54, 1.807) is 6.33 Å². The zero-order chi connectivity index (χ0) is 14.5. The highest BCUT2D eigenvalue weighted by atomic mass is 16.5. The predicted octanol–water partition coefficient (Wildman–Crippen LogP) is 0.172. The maximum absolute atomic E-state index is 9.58. The fourth-order valence-corrected chi connectivity index (χ4v) is 3.58. The molecule has 0 bridgehead atoms. The largest absolute Gasteiger partial charge is 0.396 e. The molecular weight excluding hydrogens is 268 g/mol. The molecule has 0 spiro atoms. The summed E-state index contributed by atoms with van der Waals surface area (Å²) in [6, 6.07) is 0. The van der Waals surface area contributed by atoms with Crippen LogP contribution in [-0.4, -0.2) is 77.4 Å². The molecule has 2 fully saturated rings. The number of hydrogen-bond acceptors (Lipinski definition) is 5. The monoisotopic (exact) mass is 294 g/mol. The first-order valence-corrected chi connectivity index (χ1v) is 7.94. The van der Waals surface area contributed by atoms with E-state index in [0.29, 0.717) is 18.4 Å². The van der Waals surface area contributed by atoms with Crippen molar-refractivity contribution in [1.82, 2.24) is 19.8 Å². The van der Waals surface area contributed by atoms with Crippen LogP contribution in [0.25, 0.3) is 0 Å². The summed E-state index contributed by atoms with van der Waals surface area (Å²) in [4.78, 5) is 12.2. The van der Waals surface area contributed by atoms with Gasteiger partial charge in [-0.25, -0.2) is 4.98 Å². The van der Waals surface area contributed by atoms with E-state index in [1.807, 2.05) is 6.20 Å². The minimum absolute atomic E-state index is 0.291. The molecule has 21 heavy (non-hydrogen) atoms. The van der Waals surface area contributed by atoms with Gasteiger partial charge in [0.25, 0.3) is 0 Å². The van der Waals surface area contributed by atoms with E-state index in [9.17, 15) is 5.11 Å². The van der Waals surface area contributed by atoms with E-state index < -0.39 is 0 Å². The molecule has 3 rings (SSSR count). The first-order chi connectivity index (χ1) is 10.3. The molecule has 2 aliphatic heterocycles. The number of hydrogen-bond donors (Lipinski definition) is 2. The summed E-state index contributed by atoms with van der Waals surface area (Å²) in [5.74, 6) is 1.03. The quantitative estimate of drug-likeness (QED) is 0.811. The van der Waals surface area contributed by atoms with Gasteiger partial charge in [0, 0.05) is 57.8 Å². The molecule has 1 aromatic rings. The molecule has 118 valence electrons. The number of aromatic amines is 1. The van der Waals surface area contributed by atoms with Crippen LogP contribution in [0.15, 0.2) is 12.5 Å². The number of likely N-dealkylation sites (tertiary alicyclic amines) is 1. The topological polar surface area (TPSA) is 64.6 Å². The van der Waals surface area contributed by atoms with Gasteiger partial charge >= 0.3 is 0 Å². The minimum atomic E-state index is 0.291. The average molecular weight is 294 g/mol. The third kappa shape index (κ3) is 4.26. The highest BCUT2D eigenvalue weighted by Gasteiger charge is 2.28. The predicted molar refractivity (Wildman–Crippen MR) is 79.8 cm³/mol. The molecule has 3 heterocycles. The summed E-state index contributed by atoms with van der Waals surface area (Å²) in [6.07, 6.45) is 4.75. The molecule has 0 amide bonds. The molecule has 0 aromatic carbocycles. The zero-order valence-electron chi connectivity index (χ0n) is 12.6. The summed E-state index contributed by atoms with van der Waals surface area (Å²) in [5.41, 5.74) is 1.15. The van der Waals surface area contributed by atoms with Gasteiger partial charge in [-0.3, -0.25) is 9.80 Å². The number of aliphatic hydroxyl groups excluding tert-OH is 1. The van der Waals surface area contributed by atoms with Crippen LogP contribution >= 0.6 is 0 Å². The van der Waals surface area contributed by atoms with Crippen molar-refractivity contribution in [3.63, 3.8) is 0 Å². The third-order valence-corrected chi connectivity index (χ3v) is 4.53. The minimum Gasteiger partial charge on any atom is -0.396 e. The number of nitrogens with one attached hydrogen (secondary N) is 1. The van der Waals surface area contributed by atoms with Crippen molar-refractivity contribution >= 4 is 0 Å². The van der Waals surface area contributed by atoms with Gasteiger partial charge in [0.1, 0.15) is 0 Å². The van der Waals surface area contributed by atoms with E-state index in [4.69, 9.17) is 4.74 Å². The third-order valence-electron chi connectivity index (χ3n) is 4.53. The standard InChI is InChI=1S/C15H26N4O2/c20-11-14-5-13(7-18-1-3-21-4-2-18)8-19(9-14)10-15-6-16-12-17-15/h6,12-14,20H,1-5,7-11H2,(H,16,17)/t13-,14-/m1/s1. The van der Waals surface area contributed by atoms with Crippen LogP contribution in [0.1, 0.15) is 12.1 Å². The molecule has 2 saturated heterocycles. The van der Waals surface area contributed by atoms with Crippen molar-refractivity contribution < 1.29 is 9.84 Å². The second kappa shape index (κ2) is 7.35. The van der Waals surface area contributed by atoms with Crippen molar-refractivity contribution in [1.29, 1.82) is 0 Å². The van der Waals surface area contributed by atoms with E-state index in [0.717, 1.165) is 64.6 Å². The highest BCUT2D eigenvalue weighted by Crippen LogP contribution is 2.24. The lowest BCUT2D eigenvalue weighted by Crippen LogP contribution is -2.47. The fourth-order valence-electron chi connectivity index (χ4n) is 3.58. The summed E-state index contributed by atoms with van der Waals surface area (Å²) < 4.78 is 5.42. The van der Waals surface area contributed by atoms with Gasteiger partial charge in [-0.1, -0.05) is 0 Å². The van der Waals surface area contributed by atoms with Crippen LogP contribution in [0.4, 0.5) is 0 Å². The van der Waals surface area contributed by atoms with Crippen LogP contribution in [0, 0.1) is 11.8 Å². The lowest BCUT2D eigenvalue weighted by molar-refractivity contribution is 0.0116. The number of piperidine rings is 1. The van der Waals surface area contributed by atoms with E-state index in [-0.39, 0.29) is 0 Å². The Kier molecular flexibility index (Phi) is 5.24. The number of morpholine rings is 1. The number of aromatic nitrogens is 2. The Morgan fingerprint density at radius 2 is 2.05 bits per heavy atom. The molecule has 2 atom stereocenters. The fraction of sp³-hybridized carbons (Fsp3) is 0.800. The Morgan fingerprint density at radius 3 is 2.76 bits per heavy atom. The Morgan fingerprint density at radius 1 is 1.24 bits per heavy atom. The zero-order valence-corrected chi connectivity index (χ0v) is 12.6. The number of aliphatic hydroxyl groups is 1. The SMILES string of the molecule is OC[C@@H]1C[C@H](CN2CCOCC2)CN(Cc2cnc[nH]2)C1. The molecule has 0 radical (unpaired) electrons. The number of nitrogens with zero attached hydrogens (tertiary/aromatic N) is 3. The van der Waals surface area contributed by atoms with Gasteiger partial charge in [-0.15, -0.1) is 0 Å². The first-order valence-electron chi connectivity index (χ1n) is 7.94. The van der Waals surface area contributed by atoms with Crippen LogP contribution in [0.5, 0.6) is 0 Å². The molecule has 0 aliphatic carbocycles. The smallest absolute Gasteiger partial charge is 0.0922 e. The Hall–Kier alpha value is -0.950. The van der Waals surface area contributed by atoms with Gasteiger partial charge in [0.05, 0.1) is 19.5 Å². The van der Waals surface area contributed by atoms with Crippen molar-refractivity contribution in [2.24, 2.45) is 11.8 Å². The van der Waals surface area contributed by atoms with Gasteiger partial charge in [0.15, 0.2) is 0 Å². The molecular formula is C15H26N4O2. The molecule has 1 aromatic heterocycles. The van der Waals surface area contributed by atoms with Crippen molar-refractivity contribution in [2.45, 2.75) is 13.0 Å². The molecule has 6 nitrogen and oxygen atoms in total. The maximum atomic E-state index is 9.58. The Bertz CT molecular complexity index is 406. The molecule has 2 aliphatic rings. The maximum Gasteiger partial charge on any atom is 0.0922 e. The van der Waals surface area contributed by atoms with Crippen molar-refractivity contribution in [2.75, 3.05) is 52.5 Å². The first kappa shape index (κ1) is 15.0. The number of imidazole rings is 1. The normalized spacial score (nSPS) is 28.8. The highest BCUT2D eigenvalue weighted by molar-refractivity contribution is 4.95. The summed E-state index contributed by atoms with van der Waals surface area (Å²) in [7, 11) is 0. The molecule has 0 unspecified atom stereocenters. The van der Waals surface area contributed by atoms with Gasteiger partial charge < -0.3 is 14.8 Å². The van der Waals surface area contributed by atoms with Gasteiger partial charge in [-0.05, 0) is 18.3 Å². The Labute approximate surface area is 126 Å². The number of H-pyrrole nitrogens is 1. The second-order valence-corrected chi connectivity index (χ2v) is 6.33.